The fraction of sp³-hybridized carbons (Fsp3) is 0.565. The average molecular weight is 431 g/mol. The lowest BCUT2D eigenvalue weighted by atomic mass is 9.87. The molecule has 1 aromatic heterocycles. The number of hydrogen-bond acceptors (Lipinski definition) is 7. The van der Waals surface area contributed by atoms with Crippen LogP contribution in [0.25, 0.3) is 0 Å². The molecule has 6 nitrogen and oxygen atoms in total. The van der Waals surface area contributed by atoms with Crippen molar-refractivity contribution in [2.24, 2.45) is 0 Å². The van der Waals surface area contributed by atoms with Crippen LogP contribution in [0.5, 0.6) is 11.8 Å². The summed E-state index contributed by atoms with van der Waals surface area (Å²) in [6.07, 6.45) is 1.10. The summed E-state index contributed by atoms with van der Waals surface area (Å²) in [5.41, 5.74) is 2.93. The van der Waals surface area contributed by atoms with Gasteiger partial charge in [0, 0.05) is 37.6 Å². The standard InChI is InChI=1S/C23H34N4O2S/c1-23(2,3)18-8-6-9-19(16-18)27-13-11-26(12-14-27)10-7-15-30-22-24-20(28-4)17-21(25-22)29-5/h6,8-9,16-17H,7,10-15H2,1-5H3. The Balaban J connectivity index is 1.43. The van der Waals surface area contributed by atoms with Gasteiger partial charge in [0.25, 0.3) is 0 Å². The van der Waals surface area contributed by atoms with E-state index in [-0.39, 0.29) is 5.41 Å². The highest BCUT2D eigenvalue weighted by Gasteiger charge is 2.19. The van der Waals surface area contributed by atoms with E-state index in [4.69, 9.17) is 9.47 Å². The molecule has 0 N–H and O–H groups in total. The quantitative estimate of drug-likeness (QED) is 0.355. The van der Waals surface area contributed by atoms with E-state index in [0.29, 0.717) is 16.9 Å². The molecule has 0 radical (unpaired) electrons. The Morgan fingerprint density at radius 2 is 1.63 bits per heavy atom. The molecule has 0 spiro atoms. The van der Waals surface area contributed by atoms with Crippen molar-refractivity contribution >= 4 is 17.4 Å². The van der Waals surface area contributed by atoms with Crippen LogP contribution in [0.3, 0.4) is 0 Å². The van der Waals surface area contributed by atoms with Gasteiger partial charge >= 0.3 is 0 Å². The van der Waals surface area contributed by atoms with E-state index < -0.39 is 0 Å². The highest BCUT2D eigenvalue weighted by Crippen LogP contribution is 2.27. The Labute approximate surface area is 185 Å². The van der Waals surface area contributed by atoms with Crippen LogP contribution < -0.4 is 14.4 Å². The third kappa shape index (κ3) is 6.25. The van der Waals surface area contributed by atoms with Crippen molar-refractivity contribution in [2.75, 3.05) is 57.6 Å². The monoisotopic (exact) mass is 430 g/mol. The van der Waals surface area contributed by atoms with Gasteiger partial charge in [-0.2, -0.15) is 9.97 Å². The van der Waals surface area contributed by atoms with Gasteiger partial charge in [-0.3, -0.25) is 4.90 Å². The zero-order valence-corrected chi connectivity index (χ0v) is 19.7. The summed E-state index contributed by atoms with van der Waals surface area (Å²) in [5, 5.41) is 0.703. The van der Waals surface area contributed by atoms with Crippen molar-refractivity contribution in [3.63, 3.8) is 0 Å². The maximum absolute atomic E-state index is 5.21. The second kappa shape index (κ2) is 10.4. The first-order valence-electron chi connectivity index (χ1n) is 10.6. The maximum atomic E-state index is 5.21. The smallest absolute Gasteiger partial charge is 0.220 e. The van der Waals surface area contributed by atoms with Crippen LogP contribution in [0.1, 0.15) is 32.8 Å². The molecule has 0 amide bonds. The van der Waals surface area contributed by atoms with Gasteiger partial charge in [-0.15, -0.1) is 0 Å². The molecule has 0 bridgehead atoms. The molecular weight excluding hydrogens is 396 g/mol. The summed E-state index contributed by atoms with van der Waals surface area (Å²) in [4.78, 5) is 13.8. The number of nitrogens with zero attached hydrogens (tertiary/aromatic N) is 4. The summed E-state index contributed by atoms with van der Waals surface area (Å²) in [6.45, 7) is 12.3. The second-order valence-electron chi connectivity index (χ2n) is 8.57. The van der Waals surface area contributed by atoms with Gasteiger partial charge in [-0.25, -0.2) is 0 Å². The molecule has 30 heavy (non-hydrogen) atoms. The van der Waals surface area contributed by atoms with Gasteiger partial charge in [0.05, 0.1) is 20.3 Å². The minimum absolute atomic E-state index is 0.187. The molecule has 0 saturated carbocycles. The number of piperazine rings is 1. The number of aromatic nitrogens is 2. The van der Waals surface area contributed by atoms with Crippen molar-refractivity contribution in [2.45, 2.75) is 37.8 Å². The minimum atomic E-state index is 0.187. The number of ether oxygens (including phenoxy) is 2. The van der Waals surface area contributed by atoms with Gasteiger partial charge in [-0.05, 0) is 36.1 Å². The third-order valence-corrected chi connectivity index (χ3v) is 6.31. The van der Waals surface area contributed by atoms with E-state index >= 15 is 0 Å². The molecule has 1 saturated heterocycles. The van der Waals surface area contributed by atoms with E-state index in [1.54, 1.807) is 32.0 Å². The molecule has 7 heteroatoms. The SMILES string of the molecule is COc1cc(OC)nc(SCCCN2CCN(c3cccc(C(C)(C)C)c3)CC2)n1. The van der Waals surface area contributed by atoms with E-state index in [1.807, 2.05) is 0 Å². The molecule has 1 aliphatic rings. The van der Waals surface area contributed by atoms with Crippen LogP contribution >= 0.6 is 11.8 Å². The summed E-state index contributed by atoms with van der Waals surface area (Å²) in [7, 11) is 3.21. The normalized spacial score (nSPS) is 15.3. The number of benzene rings is 1. The van der Waals surface area contributed by atoms with Gasteiger partial charge < -0.3 is 14.4 Å². The maximum Gasteiger partial charge on any atom is 0.220 e. The number of thioether (sulfide) groups is 1. The number of methoxy groups -OCH3 is 2. The minimum Gasteiger partial charge on any atom is -0.481 e. The zero-order valence-electron chi connectivity index (χ0n) is 18.9. The molecule has 1 aliphatic heterocycles. The molecule has 0 atom stereocenters. The predicted octanol–water partition coefficient (Wildman–Crippen LogP) is 4.10. The Morgan fingerprint density at radius 3 is 2.23 bits per heavy atom. The first kappa shape index (κ1) is 22.7. The zero-order chi connectivity index (χ0) is 21.6. The van der Waals surface area contributed by atoms with Gasteiger partial charge in [-0.1, -0.05) is 44.7 Å². The lowest BCUT2D eigenvalue weighted by molar-refractivity contribution is 0.259. The highest BCUT2D eigenvalue weighted by molar-refractivity contribution is 7.99. The lowest BCUT2D eigenvalue weighted by Crippen LogP contribution is -2.46. The summed E-state index contributed by atoms with van der Waals surface area (Å²) in [6, 6.07) is 10.7. The Hall–Kier alpha value is -1.99. The topological polar surface area (TPSA) is 50.7 Å². The average Bonchev–Trinajstić information content (AvgIpc) is 2.76. The fourth-order valence-electron chi connectivity index (χ4n) is 3.51. The molecule has 0 unspecified atom stereocenters. The fourth-order valence-corrected chi connectivity index (χ4v) is 4.27. The summed E-state index contributed by atoms with van der Waals surface area (Å²) < 4.78 is 10.4. The van der Waals surface area contributed by atoms with Gasteiger partial charge in [0.2, 0.25) is 11.8 Å². The highest BCUT2D eigenvalue weighted by atomic mass is 32.2. The van der Waals surface area contributed by atoms with Crippen molar-refractivity contribution in [1.82, 2.24) is 14.9 Å². The Bertz CT molecular complexity index is 795. The number of rotatable bonds is 8. The first-order valence-corrected chi connectivity index (χ1v) is 11.6. The lowest BCUT2D eigenvalue weighted by Gasteiger charge is -2.36. The van der Waals surface area contributed by atoms with Gasteiger partial charge in [0.1, 0.15) is 0 Å². The van der Waals surface area contributed by atoms with Crippen molar-refractivity contribution in [3.05, 3.63) is 35.9 Å². The second-order valence-corrected chi connectivity index (χ2v) is 9.63. The van der Waals surface area contributed by atoms with Crippen LogP contribution in [0.2, 0.25) is 0 Å². The largest absolute Gasteiger partial charge is 0.481 e. The summed E-state index contributed by atoms with van der Waals surface area (Å²) >= 11 is 1.65. The van der Waals surface area contributed by atoms with Crippen molar-refractivity contribution in [1.29, 1.82) is 0 Å². The van der Waals surface area contributed by atoms with Crippen LogP contribution in [0, 0.1) is 0 Å². The van der Waals surface area contributed by atoms with E-state index in [1.165, 1.54) is 11.3 Å². The van der Waals surface area contributed by atoms with Crippen molar-refractivity contribution in [3.8, 4) is 11.8 Å². The number of anilines is 1. The summed E-state index contributed by atoms with van der Waals surface area (Å²) in [5.74, 6) is 2.05. The van der Waals surface area contributed by atoms with Crippen molar-refractivity contribution < 1.29 is 9.47 Å². The molecule has 1 aromatic carbocycles. The molecule has 0 aliphatic carbocycles. The Kier molecular flexibility index (Phi) is 7.83. The third-order valence-electron chi connectivity index (χ3n) is 5.38. The van der Waals surface area contributed by atoms with E-state index in [0.717, 1.165) is 44.9 Å². The van der Waals surface area contributed by atoms with E-state index in [9.17, 15) is 0 Å². The molecule has 2 heterocycles. The van der Waals surface area contributed by atoms with Crippen LogP contribution in [0.15, 0.2) is 35.5 Å². The van der Waals surface area contributed by atoms with Crippen LogP contribution in [-0.2, 0) is 5.41 Å². The van der Waals surface area contributed by atoms with Gasteiger partial charge in [0.15, 0.2) is 5.16 Å². The molecule has 164 valence electrons. The molecule has 1 fully saturated rings. The van der Waals surface area contributed by atoms with Crippen LogP contribution in [0.4, 0.5) is 5.69 Å². The predicted molar refractivity (Wildman–Crippen MR) is 124 cm³/mol. The molecule has 2 aromatic rings. The molecule has 3 rings (SSSR count). The van der Waals surface area contributed by atoms with Crippen LogP contribution in [-0.4, -0.2) is 67.6 Å². The number of hydrogen-bond donors (Lipinski definition) is 0. The van der Waals surface area contributed by atoms with E-state index in [2.05, 4.69) is 64.8 Å². The molecular formula is C23H34N4O2S. The first-order chi connectivity index (χ1) is 14.4. The Morgan fingerprint density at radius 1 is 0.967 bits per heavy atom.